The van der Waals surface area contributed by atoms with Gasteiger partial charge in [0, 0.05) is 58.3 Å². The van der Waals surface area contributed by atoms with Crippen LogP contribution in [0.25, 0.3) is 0 Å². The third kappa shape index (κ3) is 41.0. The predicted octanol–water partition coefficient (Wildman–Crippen LogP) is 2.74. The number of hydrogen-bond acceptors (Lipinski definition) is 15. The number of carbonyl (C=O) groups excluding carboxylic acids is 8. The maximum Gasteiger partial charge on any atom is 0.326 e. The van der Waals surface area contributed by atoms with E-state index in [0.717, 1.165) is 43.4 Å². The zero-order valence-corrected chi connectivity index (χ0v) is 46.7. The molecule has 9 N–H and O–H groups in total. The third-order valence-corrected chi connectivity index (χ3v) is 13.2. The number of hydrogen-bond donors (Lipinski definition) is 9. The molecule has 0 aromatic carbocycles. The Morgan fingerprint density at radius 2 is 0.962 bits per heavy atom. The smallest absolute Gasteiger partial charge is 0.326 e. The van der Waals surface area contributed by atoms with Crippen molar-refractivity contribution in [1.82, 2.24) is 36.8 Å². The molecule has 25 heteroatoms. The average Bonchev–Trinajstić information content (AvgIpc) is 3.42. The van der Waals surface area contributed by atoms with Crippen molar-refractivity contribution in [2.75, 3.05) is 86.1 Å². The van der Waals surface area contributed by atoms with Gasteiger partial charge >= 0.3 is 17.9 Å². The molecule has 1 aliphatic rings. The van der Waals surface area contributed by atoms with Crippen molar-refractivity contribution in [3.05, 3.63) is 0 Å². The summed E-state index contributed by atoms with van der Waals surface area (Å²) in [6.45, 7) is 0.337. The van der Waals surface area contributed by atoms with E-state index in [1.165, 1.54) is 71.3 Å². The molecule has 0 bridgehead atoms. The quantitative estimate of drug-likeness (QED) is 0.0312. The average molecular weight is 1130 g/mol. The minimum absolute atomic E-state index is 0.00509. The Morgan fingerprint density at radius 1 is 0.494 bits per heavy atom. The fraction of sp³-hybridized carbons (Fsp3) is 0.796. The van der Waals surface area contributed by atoms with Gasteiger partial charge in [0.1, 0.15) is 25.3 Å². The minimum Gasteiger partial charge on any atom is -0.481 e. The maximum atomic E-state index is 13.1. The number of amides is 8. The first kappa shape index (κ1) is 71.2. The summed E-state index contributed by atoms with van der Waals surface area (Å²) in [5.41, 5.74) is 0. The van der Waals surface area contributed by atoms with Crippen LogP contribution >= 0.6 is 0 Å². The summed E-state index contributed by atoms with van der Waals surface area (Å²) < 4.78 is 21.1. The Bertz CT molecular complexity index is 1800. The van der Waals surface area contributed by atoms with Gasteiger partial charge in [0.05, 0.1) is 46.2 Å². The van der Waals surface area contributed by atoms with Crippen LogP contribution in [0, 0.1) is 11.8 Å². The van der Waals surface area contributed by atoms with Crippen LogP contribution in [0.1, 0.15) is 167 Å². The highest BCUT2D eigenvalue weighted by molar-refractivity contribution is 5.91. The van der Waals surface area contributed by atoms with Crippen molar-refractivity contribution in [2.24, 2.45) is 11.8 Å². The second-order valence-electron chi connectivity index (χ2n) is 19.9. The molecule has 452 valence electrons. The van der Waals surface area contributed by atoms with E-state index < -0.39 is 77.8 Å². The Hall–Kier alpha value is -5.79. The zero-order chi connectivity index (χ0) is 58.3. The molecule has 2 atom stereocenters. The molecule has 25 nitrogen and oxygen atoms in total. The topological polar surface area (TPSA) is 361 Å². The normalized spacial score (nSPS) is 14.7. The van der Waals surface area contributed by atoms with E-state index in [-0.39, 0.29) is 110 Å². The lowest BCUT2D eigenvalue weighted by Gasteiger charge is -2.28. The van der Waals surface area contributed by atoms with E-state index in [9.17, 15) is 63.0 Å². The van der Waals surface area contributed by atoms with Crippen LogP contribution in [0.3, 0.4) is 0 Å². The van der Waals surface area contributed by atoms with Crippen LogP contribution in [0.5, 0.6) is 0 Å². The van der Waals surface area contributed by atoms with Gasteiger partial charge in [-0.2, -0.15) is 0 Å². The van der Waals surface area contributed by atoms with E-state index >= 15 is 0 Å². The monoisotopic (exact) mass is 1130 g/mol. The Labute approximate surface area is 465 Å². The van der Waals surface area contributed by atoms with Crippen molar-refractivity contribution in [3.8, 4) is 0 Å². The lowest BCUT2D eigenvalue weighted by Crippen LogP contribution is -2.48. The van der Waals surface area contributed by atoms with Crippen molar-refractivity contribution in [3.63, 3.8) is 0 Å². The van der Waals surface area contributed by atoms with Gasteiger partial charge in [-0.05, 0) is 57.3 Å². The van der Waals surface area contributed by atoms with Gasteiger partial charge in [0.15, 0.2) is 0 Å². The second kappa shape index (κ2) is 47.1. The number of likely N-dealkylation sites (N-methyl/N-ethyl adjacent to an activating group) is 1. The number of nitrogens with one attached hydrogen (secondary N) is 6. The van der Waals surface area contributed by atoms with Crippen molar-refractivity contribution < 1.29 is 87.0 Å². The lowest BCUT2D eigenvalue weighted by atomic mass is 9.81. The van der Waals surface area contributed by atoms with Gasteiger partial charge in [-0.15, -0.1) is 0 Å². The van der Waals surface area contributed by atoms with Crippen molar-refractivity contribution in [2.45, 2.75) is 179 Å². The summed E-state index contributed by atoms with van der Waals surface area (Å²) >= 11 is 0. The van der Waals surface area contributed by atoms with Crippen LogP contribution < -0.4 is 31.9 Å². The van der Waals surface area contributed by atoms with Gasteiger partial charge < -0.3 is 66.2 Å². The first-order valence-corrected chi connectivity index (χ1v) is 28.4. The molecule has 0 saturated heterocycles. The van der Waals surface area contributed by atoms with Crippen LogP contribution in [0.2, 0.25) is 0 Å². The van der Waals surface area contributed by atoms with Gasteiger partial charge in [0.2, 0.25) is 47.8 Å². The molecule has 0 unspecified atom stereocenters. The van der Waals surface area contributed by atoms with E-state index in [0.29, 0.717) is 45.1 Å². The zero-order valence-electron chi connectivity index (χ0n) is 46.7. The molecule has 1 aliphatic carbocycles. The Kier molecular flexibility index (Phi) is 42.4. The van der Waals surface area contributed by atoms with Crippen LogP contribution in [0.15, 0.2) is 0 Å². The number of ether oxygens (including phenoxy) is 4. The number of imide groups is 1. The lowest BCUT2D eigenvalue weighted by molar-refractivity contribution is -0.143. The van der Waals surface area contributed by atoms with E-state index in [2.05, 4.69) is 31.9 Å². The highest BCUT2D eigenvalue weighted by Gasteiger charge is 2.30. The first-order chi connectivity index (χ1) is 38.0. The summed E-state index contributed by atoms with van der Waals surface area (Å²) in [5, 5.41) is 43.3. The van der Waals surface area contributed by atoms with Gasteiger partial charge in [-0.25, -0.2) is 4.79 Å². The number of carboxylic acids is 3. The summed E-state index contributed by atoms with van der Waals surface area (Å²) in [7, 11) is 1.27. The molecule has 1 saturated carbocycles. The minimum atomic E-state index is -1.37. The standard InChI is InChI=1S/C54H93N7O18/c1-61(40-62)49(67)37-58-48(66)39-79-35-32-76-30-28-55-47(65)38-78-34-33-77-31-29-56-53(73)43(25-27-51(70)71)59-46(64)26-24-44(54(74)75)60-52(72)42-22-20-41(21-23-42)36-57-45(63)18-16-14-12-10-8-6-4-2-3-5-7-9-11-13-15-17-19-50(68)69/h40-44H,2-39H2,1H3,(H,55,65)(H,56,73)(H,57,63)(H,58,66)(H,59,64)(H,60,72)(H,68,69)(H,70,71)(H,74,75)/t41-,42-,43-,44-/m0/s1. The fourth-order valence-electron chi connectivity index (χ4n) is 8.50. The Balaban J connectivity index is 2.19. The molecular formula is C54H93N7O18. The van der Waals surface area contributed by atoms with Crippen LogP contribution in [-0.4, -0.2) is 184 Å². The van der Waals surface area contributed by atoms with Gasteiger partial charge in [-0.3, -0.25) is 52.8 Å². The maximum absolute atomic E-state index is 13.1. The largest absolute Gasteiger partial charge is 0.481 e. The SMILES string of the molecule is CN(C=O)C(=O)CNC(=O)COCCOCCNC(=O)COCCOCCNC(=O)[C@H](CCC(=O)O)NC(=O)CC[C@H](NC(=O)[C@H]1CC[C@H](CNC(=O)CCCCCCCCCCCCCCCCCCC(=O)O)CC1)C(=O)O. The number of rotatable bonds is 51. The number of unbranched alkanes of at least 4 members (excludes halogenated alkanes) is 15. The van der Waals surface area contributed by atoms with Crippen molar-refractivity contribution in [1.29, 1.82) is 0 Å². The predicted molar refractivity (Wildman–Crippen MR) is 288 cm³/mol. The molecule has 79 heavy (non-hydrogen) atoms. The summed E-state index contributed by atoms with van der Waals surface area (Å²) in [6, 6.07) is -2.61. The Morgan fingerprint density at radius 3 is 1.47 bits per heavy atom. The van der Waals surface area contributed by atoms with E-state index in [4.69, 9.17) is 24.1 Å². The van der Waals surface area contributed by atoms with Gasteiger partial charge in [-0.1, -0.05) is 89.9 Å². The molecule has 1 fully saturated rings. The summed E-state index contributed by atoms with van der Waals surface area (Å²) in [6.07, 6.45) is 20.6. The van der Waals surface area contributed by atoms with E-state index in [1.807, 2.05) is 0 Å². The molecule has 0 aromatic heterocycles. The fourth-order valence-corrected chi connectivity index (χ4v) is 8.50. The molecule has 0 radical (unpaired) electrons. The number of carbonyl (C=O) groups is 11. The highest BCUT2D eigenvalue weighted by atomic mass is 16.5. The summed E-state index contributed by atoms with van der Waals surface area (Å²) in [5.74, 6) is -6.75. The van der Waals surface area contributed by atoms with Crippen LogP contribution in [0.4, 0.5) is 0 Å². The van der Waals surface area contributed by atoms with Gasteiger partial charge in [0.25, 0.3) is 0 Å². The number of nitrogens with zero attached hydrogens (tertiary/aromatic N) is 1. The number of carboxylic acid groups (broad SMARTS) is 3. The number of aliphatic carboxylic acids is 3. The van der Waals surface area contributed by atoms with E-state index in [1.54, 1.807) is 0 Å². The molecule has 0 heterocycles. The molecular weight excluding hydrogens is 1030 g/mol. The molecule has 1 rings (SSSR count). The first-order valence-electron chi connectivity index (χ1n) is 28.4. The highest BCUT2D eigenvalue weighted by Crippen LogP contribution is 2.29. The van der Waals surface area contributed by atoms with Crippen molar-refractivity contribution >= 4 is 65.7 Å². The summed E-state index contributed by atoms with van der Waals surface area (Å²) in [4.78, 5) is 132. The molecule has 0 aromatic rings. The molecule has 0 aliphatic heterocycles. The third-order valence-electron chi connectivity index (χ3n) is 13.2. The molecule has 0 spiro atoms. The second-order valence-corrected chi connectivity index (χ2v) is 19.9. The molecule has 8 amide bonds. The van der Waals surface area contributed by atoms with Crippen LogP contribution in [-0.2, 0) is 71.7 Å².